The van der Waals surface area contributed by atoms with Crippen molar-refractivity contribution in [2.45, 2.75) is 32.9 Å². The number of carbonyl (C=O) groups excluding carboxylic acids is 2. The van der Waals surface area contributed by atoms with E-state index in [0.717, 1.165) is 18.7 Å². The summed E-state index contributed by atoms with van der Waals surface area (Å²) in [5.74, 6) is 0.123. The van der Waals surface area contributed by atoms with Gasteiger partial charge in [-0.05, 0) is 32.9 Å². The lowest BCUT2D eigenvalue weighted by molar-refractivity contribution is -0.126. The average molecular weight is 303 g/mol. The number of carbonyl (C=O) groups is 2. The van der Waals surface area contributed by atoms with Gasteiger partial charge in [-0.25, -0.2) is 0 Å². The molecular formula is C17H25N3O2. The largest absolute Gasteiger partial charge is 0.353 e. The van der Waals surface area contributed by atoms with Crippen molar-refractivity contribution < 1.29 is 9.59 Å². The quantitative estimate of drug-likeness (QED) is 0.914. The van der Waals surface area contributed by atoms with Crippen LogP contribution >= 0.6 is 0 Å². The van der Waals surface area contributed by atoms with Crippen LogP contribution in [0.1, 0.15) is 31.1 Å². The van der Waals surface area contributed by atoms with Crippen LogP contribution < -0.4 is 5.32 Å². The zero-order chi connectivity index (χ0) is 16.1. The molecule has 1 saturated heterocycles. The summed E-state index contributed by atoms with van der Waals surface area (Å²) in [6.07, 6.45) is 0. The van der Waals surface area contributed by atoms with Crippen molar-refractivity contribution in [3.63, 3.8) is 0 Å². The van der Waals surface area contributed by atoms with Crippen molar-refractivity contribution >= 4 is 11.8 Å². The fraction of sp³-hybridized carbons (Fsp3) is 0.529. The van der Waals surface area contributed by atoms with E-state index in [1.165, 1.54) is 0 Å². The molecule has 1 aromatic rings. The van der Waals surface area contributed by atoms with Gasteiger partial charge in [0.2, 0.25) is 5.91 Å². The number of amides is 2. The molecule has 1 fully saturated rings. The first-order valence-corrected chi connectivity index (χ1v) is 7.88. The van der Waals surface area contributed by atoms with Gasteiger partial charge in [-0.1, -0.05) is 18.2 Å². The van der Waals surface area contributed by atoms with E-state index in [0.29, 0.717) is 13.1 Å². The highest BCUT2D eigenvalue weighted by molar-refractivity contribution is 5.94. The normalized spacial score (nSPS) is 17.4. The van der Waals surface area contributed by atoms with Gasteiger partial charge >= 0.3 is 0 Å². The summed E-state index contributed by atoms with van der Waals surface area (Å²) in [4.78, 5) is 28.4. The lowest BCUT2D eigenvalue weighted by Gasteiger charge is -2.37. The molecule has 2 rings (SSSR count). The predicted octanol–water partition coefficient (Wildman–Crippen LogP) is 1.36. The average Bonchev–Trinajstić information content (AvgIpc) is 2.54. The van der Waals surface area contributed by atoms with E-state index < -0.39 is 0 Å². The maximum atomic E-state index is 12.4. The Morgan fingerprint density at radius 1 is 1.00 bits per heavy atom. The fourth-order valence-electron chi connectivity index (χ4n) is 2.65. The van der Waals surface area contributed by atoms with E-state index in [-0.39, 0.29) is 23.9 Å². The number of hydrogen-bond acceptors (Lipinski definition) is 3. The van der Waals surface area contributed by atoms with E-state index in [1.807, 2.05) is 56.0 Å². The Morgan fingerprint density at radius 2 is 1.59 bits per heavy atom. The van der Waals surface area contributed by atoms with Crippen LogP contribution in [0.5, 0.6) is 0 Å². The van der Waals surface area contributed by atoms with Crippen molar-refractivity contribution in [1.29, 1.82) is 0 Å². The summed E-state index contributed by atoms with van der Waals surface area (Å²) in [5, 5.41) is 2.94. The van der Waals surface area contributed by atoms with Crippen LogP contribution in [-0.4, -0.2) is 59.9 Å². The summed E-state index contributed by atoms with van der Waals surface area (Å²) >= 11 is 0. The molecule has 2 amide bonds. The van der Waals surface area contributed by atoms with Gasteiger partial charge in [0.05, 0.1) is 6.04 Å². The van der Waals surface area contributed by atoms with Crippen LogP contribution in [0.25, 0.3) is 0 Å². The van der Waals surface area contributed by atoms with Crippen molar-refractivity contribution in [3.8, 4) is 0 Å². The van der Waals surface area contributed by atoms with E-state index in [9.17, 15) is 9.59 Å². The van der Waals surface area contributed by atoms with Crippen LogP contribution in [0.15, 0.2) is 30.3 Å². The molecule has 5 nitrogen and oxygen atoms in total. The molecule has 1 aliphatic heterocycles. The molecule has 0 aromatic heterocycles. The van der Waals surface area contributed by atoms with Crippen LogP contribution in [-0.2, 0) is 4.79 Å². The van der Waals surface area contributed by atoms with Gasteiger partial charge in [-0.15, -0.1) is 0 Å². The molecule has 1 aromatic carbocycles. The summed E-state index contributed by atoms with van der Waals surface area (Å²) in [5.41, 5.74) is 0.724. The van der Waals surface area contributed by atoms with Gasteiger partial charge in [0.25, 0.3) is 5.91 Å². The van der Waals surface area contributed by atoms with E-state index in [2.05, 4.69) is 10.2 Å². The molecule has 5 heteroatoms. The Hall–Kier alpha value is -1.88. The number of piperazine rings is 1. The molecule has 1 aliphatic rings. The van der Waals surface area contributed by atoms with Crippen LogP contribution in [0, 0.1) is 0 Å². The Bertz CT molecular complexity index is 508. The van der Waals surface area contributed by atoms with E-state index >= 15 is 0 Å². The van der Waals surface area contributed by atoms with Gasteiger partial charge in [0.15, 0.2) is 0 Å². The molecule has 120 valence electrons. The first kappa shape index (κ1) is 16.5. The molecule has 1 heterocycles. The molecule has 0 saturated carbocycles. The molecule has 0 spiro atoms. The highest BCUT2D eigenvalue weighted by Gasteiger charge is 2.27. The van der Waals surface area contributed by atoms with Gasteiger partial charge in [0.1, 0.15) is 0 Å². The molecule has 0 aliphatic carbocycles. The first-order chi connectivity index (χ1) is 10.5. The third kappa shape index (κ3) is 4.07. The third-order valence-electron chi connectivity index (χ3n) is 3.98. The predicted molar refractivity (Wildman–Crippen MR) is 86.7 cm³/mol. The number of rotatable bonds is 4. The van der Waals surface area contributed by atoms with Crippen LogP contribution in [0.3, 0.4) is 0 Å². The molecule has 0 bridgehead atoms. The van der Waals surface area contributed by atoms with Crippen LogP contribution in [0.2, 0.25) is 0 Å². The van der Waals surface area contributed by atoms with Crippen LogP contribution in [0.4, 0.5) is 0 Å². The molecule has 0 unspecified atom stereocenters. The zero-order valence-corrected chi connectivity index (χ0v) is 13.6. The van der Waals surface area contributed by atoms with Gasteiger partial charge in [0, 0.05) is 37.8 Å². The summed E-state index contributed by atoms with van der Waals surface area (Å²) in [7, 11) is 0. The summed E-state index contributed by atoms with van der Waals surface area (Å²) in [6.45, 7) is 8.62. The highest BCUT2D eigenvalue weighted by Crippen LogP contribution is 2.11. The van der Waals surface area contributed by atoms with Gasteiger partial charge in [-0.2, -0.15) is 0 Å². The Kier molecular flexibility index (Phi) is 5.55. The number of nitrogens with one attached hydrogen (secondary N) is 1. The zero-order valence-electron chi connectivity index (χ0n) is 13.6. The second-order valence-corrected chi connectivity index (χ2v) is 6.03. The monoisotopic (exact) mass is 303 g/mol. The highest BCUT2D eigenvalue weighted by atomic mass is 16.2. The number of benzene rings is 1. The smallest absolute Gasteiger partial charge is 0.253 e. The topological polar surface area (TPSA) is 52.7 Å². The molecule has 22 heavy (non-hydrogen) atoms. The number of hydrogen-bond donors (Lipinski definition) is 1. The lowest BCUT2D eigenvalue weighted by Crippen LogP contribution is -2.55. The Balaban J connectivity index is 1.88. The Labute approximate surface area is 132 Å². The summed E-state index contributed by atoms with van der Waals surface area (Å²) in [6, 6.07) is 9.33. The standard InChI is InChI=1S/C17H25N3O2/c1-13(2)18-16(21)14(3)19-9-11-20(12-10-19)17(22)15-7-5-4-6-8-15/h4-8,13-14H,9-12H2,1-3H3,(H,18,21)/t14-/m0/s1. The van der Waals surface area contributed by atoms with E-state index in [4.69, 9.17) is 0 Å². The van der Waals surface area contributed by atoms with E-state index in [1.54, 1.807) is 0 Å². The third-order valence-corrected chi connectivity index (χ3v) is 3.98. The summed E-state index contributed by atoms with van der Waals surface area (Å²) < 4.78 is 0. The molecular weight excluding hydrogens is 278 g/mol. The van der Waals surface area contributed by atoms with Crippen molar-refractivity contribution in [2.75, 3.05) is 26.2 Å². The molecule has 0 radical (unpaired) electrons. The van der Waals surface area contributed by atoms with Crippen molar-refractivity contribution in [3.05, 3.63) is 35.9 Å². The second kappa shape index (κ2) is 7.40. The fourth-order valence-corrected chi connectivity index (χ4v) is 2.65. The first-order valence-electron chi connectivity index (χ1n) is 7.88. The lowest BCUT2D eigenvalue weighted by atomic mass is 10.1. The Morgan fingerprint density at radius 3 is 2.14 bits per heavy atom. The minimum atomic E-state index is -0.156. The molecule has 1 atom stereocenters. The van der Waals surface area contributed by atoms with Crippen molar-refractivity contribution in [2.24, 2.45) is 0 Å². The number of nitrogens with zero attached hydrogens (tertiary/aromatic N) is 2. The van der Waals surface area contributed by atoms with Gasteiger partial charge in [-0.3, -0.25) is 14.5 Å². The minimum Gasteiger partial charge on any atom is -0.353 e. The van der Waals surface area contributed by atoms with Gasteiger partial charge < -0.3 is 10.2 Å². The van der Waals surface area contributed by atoms with Crippen molar-refractivity contribution in [1.82, 2.24) is 15.1 Å². The maximum absolute atomic E-state index is 12.4. The minimum absolute atomic E-state index is 0.0536. The maximum Gasteiger partial charge on any atom is 0.253 e. The SMILES string of the molecule is CC(C)NC(=O)[C@H](C)N1CCN(C(=O)c2ccccc2)CC1. The second-order valence-electron chi connectivity index (χ2n) is 6.03. The molecule has 1 N–H and O–H groups in total.